The normalized spacial score (nSPS) is 16.0. The van der Waals surface area contributed by atoms with Crippen molar-refractivity contribution >= 4 is 40.0 Å². The van der Waals surface area contributed by atoms with Gasteiger partial charge in [-0.1, -0.05) is 6.07 Å². The maximum absolute atomic E-state index is 12.6. The number of halogens is 1. The van der Waals surface area contributed by atoms with Gasteiger partial charge in [0.25, 0.3) is 5.91 Å². The first-order valence-corrected chi connectivity index (χ1v) is 9.51. The van der Waals surface area contributed by atoms with Crippen molar-refractivity contribution in [2.24, 2.45) is 0 Å². The molecule has 3 heterocycles. The summed E-state index contributed by atoms with van der Waals surface area (Å²) in [5.74, 6) is -0.211. The first-order valence-electron chi connectivity index (χ1n) is 9.13. The van der Waals surface area contributed by atoms with Crippen LogP contribution in [0.5, 0.6) is 0 Å². The van der Waals surface area contributed by atoms with E-state index in [1.54, 1.807) is 12.1 Å². The molecule has 142 valence electrons. The van der Waals surface area contributed by atoms with Crippen LogP contribution in [0.3, 0.4) is 0 Å². The van der Waals surface area contributed by atoms with Crippen molar-refractivity contribution in [2.75, 3.05) is 30.8 Å². The molecule has 6 nitrogen and oxygen atoms in total. The molecule has 0 unspecified atom stereocenters. The van der Waals surface area contributed by atoms with Gasteiger partial charge in [0.05, 0.1) is 5.52 Å². The van der Waals surface area contributed by atoms with Crippen molar-refractivity contribution in [3.05, 3.63) is 46.8 Å². The minimum Gasteiger partial charge on any atom is -0.443 e. The summed E-state index contributed by atoms with van der Waals surface area (Å²) in [5.41, 5.74) is 4.54. The quantitative estimate of drug-likeness (QED) is 0.618. The third-order valence-corrected chi connectivity index (χ3v) is 5.28. The molecule has 27 heavy (non-hydrogen) atoms. The molecule has 1 amide bonds. The minimum atomic E-state index is -0.211. The number of carbonyl (C=O) groups is 1. The van der Waals surface area contributed by atoms with Gasteiger partial charge in [-0.3, -0.25) is 4.79 Å². The fourth-order valence-corrected chi connectivity index (χ4v) is 3.63. The molecular formula is C20H23ClN4O2. The Kier molecular flexibility index (Phi) is 4.85. The minimum absolute atomic E-state index is 0.211. The molecule has 0 spiro atoms. The molecule has 2 aromatic heterocycles. The Hall–Kier alpha value is -2.44. The van der Waals surface area contributed by atoms with Crippen LogP contribution in [-0.4, -0.2) is 42.0 Å². The van der Waals surface area contributed by atoms with E-state index in [9.17, 15) is 4.79 Å². The van der Waals surface area contributed by atoms with Crippen molar-refractivity contribution in [1.82, 2.24) is 9.88 Å². The summed E-state index contributed by atoms with van der Waals surface area (Å²) in [6.07, 6.45) is 2.24. The van der Waals surface area contributed by atoms with E-state index in [2.05, 4.69) is 33.6 Å². The van der Waals surface area contributed by atoms with Crippen LogP contribution in [0.1, 0.15) is 28.9 Å². The van der Waals surface area contributed by atoms with Crippen molar-refractivity contribution in [2.45, 2.75) is 25.8 Å². The monoisotopic (exact) mass is 386 g/mol. The number of fused-ring (bicyclic) bond motifs is 1. The highest BCUT2D eigenvalue weighted by atomic mass is 35.5. The third-order valence-electron chi connectivity index (χ3n) is 5.10. The van der Waals surface area contributed by atoms with E-state index in [4.69, 9.17) is 16.0 Å². The van der Waals surface area contributed by atoms with Crippen molar-refractivity contribution in [3.63, 3.8) is 0 Å². The zero-order valence-electron chi connectivity index (χ0n) is 15.4. The van der Waals surface area contributed by atoms with Crippen LogP contribution in [0.2, 0.25) is 5.22 Å². The number of furan rings is 1. The molecule has 3 aromatic rings. The van der Waals surface area contributed by atoms with Crippen LogP contribution < -0.4 is 10.6 Å². The van der Waals surface area contributed by atoms with Gasteiger partial charge in [-0.15, -0.1) is 0 Å². The number of amides is 1. The molecule has 0 bridgehead atoms. The van der Waals surface area contributed by atoms with Gasteiger partial charge in [-0.25, -0.2) is 0 Å². The lowest BCUT2D eigenvalue weighted by atomic mass is 10.0. The van der Waals surface area contributed by atoms with Crippen LogP contribution >= 0.6 is 11.6 Å². The maximum Gasteiger partial charge on any atom is 0.272 e. The number of anilines is 2. The molecule has 0 saturated carbocycles. The van der Waals surface area contributed by atoms with Gasteiger partial charge in [0.1, 0.15) is 5.69 Å². The zero-order valence-corrected chi connectivity index (χ0v) is 16.2. The number of nitrogens with zero attached hydrogens (tertiary/aromatic N) is 1. The van der Waals surface area contributed by atoms with E-state index >= 15 is 0 Å². The number of aromatic amines is 1. The van der Waals surface area contributed by atoms with E-state index in [0.29, 0.717) is 28.1 Å². The average molecular weight is 387 g/mol. The molecule has 1 aliphatic heterocycles. The zero-order chi connectivity index (χ0) is 19.0. The number of piperidine rings is 1. The second-order valence-corrected chi connectivity index (χ2v) is 7.59. The largest absolute Gasteiger partial charge is 0.443 e. The Morgan fingerprint density at radius 2 is 2.04 bits per heavy atom. The number of hydrogen-bond donors (Lipinski definition) is 3. The van der Waals surface area contributed by atoms with Gasteiger partial charge >= 0.3 is 0 Å². The average Bonchev–Trinajstić information content (AvgIpc) is 3.17. The Bertz CT molecular complexity index is 938. The van der Waals surface area contributed by atoms with Gasteiger partial charge in [0.2, 0.25) is 0 Å². The lowest BCUT2D eigenvalue weighted by Crippen LogP contribution is -2.36. The van der Waals surface area contributed by atoms with E-state index < -0.39 is 0 Å². The third kappa shape index (κ3) is 3.96. The molecule has 0 aliphatic carbocycles. The van der Waals surface area contributed by atoms with Gasteiger partial charge in [0.15, 0.2) is 10.8 Å². The van der Waals surface area contributed by atoms with E-state index in [0.717, 1.165) is 42.9 Å². The number of hydrogen-bond acceptors (Lipinski definition) is 4. The number of nitrogens with one attached hydrogen (secondary N) is 3. The molecule has 3 N–H and O–H groups in total. The molecule has 4 rings (SSSR count). The van der Waals surface area contributed by atoms with Gasteiger partial charge < -0.3 is 24.9 Å². The SMILES string of the molecule is Cc1ccc(NC2CCN(C)CC2)cc1NC(=O)c1cc2oc(Cl)cc2[nH]1. The second-order valence-electron chi connectivity index (χ2n) is 7.22. The molecule has 0 atom stereocenters. The number of likely N-dealkylation sites (tertiary alicyclic amines) is 1. The van der Waals surface area contributed by atoms with Crippen molar-refractivity contribution < 1.29 is 9.21 Å². The summed E-state index contributed by atoms with van der Waals surface area (Å²) in [5, 5.41) is 6.87. The standard InChI is InChI=1S/C20H23ClN4O2/c1-12-3-4-14(22-13-5-7-25(2)8-6-13)9-15(12)24-20(26)17-10-18-16(23-17)11-19(21)27-18/h3-4,9-11,13,22-23H,5-8H2,1-2H3,(H,24,26). The number of aromatic nitrogens is 1. The molecule has 7 heteroatoms. The van der Waals surface area contributed by atoms with Crippen molar-refractivity contribution in [3.8, 4) is 0 Å². The lowest BCUT2D eigenvalue weighted by Gasteiger charge is -2.30. The molecule has 1 aliphatic rings. The van der Waals surface area contributed by atoms with Crippen LogP contribution in [0.4, 0.5) is 11.4 Å². The smallest absolute Gasteiger partial charge is 0.272 e. The first-order chi connectivity index (χ1) is 13.0. The highest BCUT2D eigenvalue weighted by Crippen LogP contribution is 2.26. The van der Waals surface area contributed by atoms with Gasteiger partial charge in [-0.05, 0) is 69.2 Å². The molecule has 1 aromatic carbocycles. The summed E-state index contributed by atoms with van der Waals surface area (Å²) >= 11 is 5.82. The lowest BCUT2D eigenvalue weighted by molar-refractivity contribution is 0.102. The van der Waals surface area contributed by atoms with Crippen LogP contribution in [0.15, 0.2) is 34.7 Å². The predicted molar refractivity (Wildman–Crippen MR) is 109 cm³/mol. The molecule has 1 fully saturated rings. The fourth-order valence-electron chi connectivity index (χ4n) is 3.44. The Balaban J connectivity index is 1.47. The summed E-state index contributed by atoms with van der Waals surface area (Å²) in [6, 6.07) is 9.86. The highest BCUT2D eigenvalue weighted by molar-refractivity contribution is 6.29. The van der Waals surface area contributed by atoms with Crippen LogP contribution in [0.25, 0.3) is 11.1 Å². The van der Waals surface area contributed by atoms with E-state index in [-0.39, 0.29) is 5.91 Å². The predicted octanol–water partition coefficient (Wildman–Crippen LogP) is 4.48. The molecular weight excluding hydrogens is 364 g/mol. The summed E-state index contributed by atoms with van der Waals surface area (Å²) in [4.78, 5) is 18.0. The van der Waals surface area contributed by atoms with Gasteiger partial charge in [-0.2, -0.15) is 0 Å². The molecule has 1 saturated heterocycles. The second kappa shape index (κ2) is 7.29. The fraction of sp³-hybridized carbons (Fsp3) is 0.350. The Labute approximate surface area is 162 Å². The Morgan fingerprint density at radius 1 is 1.26 bits per heavy atom. The Morgan fingerprint density at radius 3 is 2.78 bits per heavy atom. The topological polar surface area (TPSA) is 73.3 Å². The summed E-state index contributed by atoms with van der Waals surface area (Å²) in [6.45, 7) is 4.19. The van der Waals surface area contributed by atoms with E-state index in [1.165, 1.54) is 0 Å². The van der Waals surface area contributed by atoms with Crippen LogP contribution in [0, 0.1) is 6.92 Å². The van der Waals surface area contributed by atoms with Crippen molar-refractivity contribution in [1.29, 1.82) is 0 Å². The number of benzene rings is 1. The first kappa shape index (κ1) is 17.9. The highest BCUT2D eigenvalue weighted by Gasteiger charge is 2.17. The number of rotatable bonds is 4. The maximum atomic E-state index is 12.6. The van der Waals surface area contributed by atoms with Gasteiger partial charge in [0, 0.05) is 29.5 Å². The number of aryl methyl sites for hydroxylation is 1. The molecule has 0 radical (unpaired) electrons. The van der Waals surface area contributed by atoms with Crippen LogP contribution in [-0.2, 0) is 0 Å². The summed E-state index contributed by atoms with van der Waals surface area (Å²) < 4.78 is 5.32. The van der Waals surface area contributed by atoms with E-state index in [1.807, 2.05) is 19.1 Å². The summed E-state index contributed by atoms with van der Waals surface area (Å²) in [7, 11) is 2.15. The number of H-pyrrole nitrogens is 1. The number of carbonyl (C=O) groups excluding carboxylic acids is 1.